The molecule has 0 amide bonds. The number of ether oxygens (including phenoxy) is 1. The first kappa shape index (κ1) is 13.4. The van der Waals surface area contributed by atoms with Crippen LogP contribution in [0.1, 0.15) is 31.7 Å². The number of benzene rings is 1. The molecule has 0 saturated carbocycles. The van der Waals surface area contributed by atoms with Crippen molar-refractivity contribution in [2.75, 3.05) is 0 Å². The van der Waals surface area contributed by atoms with Gasteiger partial charge in [-0.15, -0.1) is 0 Å². The minimum atomic E-state index is 0.104. The number of hydrogen-bond acceptors (Lipinski definition) is 2. The van der Waals surface area contributed by atoms with E-state index in [2.05, 4.69) is 12.2 Å². The van der Waals surface area contributed by atoms with E-state index in [1.807, 2.05) is 25.1 Å². The van der Waals surface area contributed by atoms with E-state index in [1.165, 1.54) is 6.42 Å². The average molecular weight is 266 g/mol. The SMILES string of the molecule is CC(N)Cc1cc(Cl)ccc1OC1C=CCCC1. The smallest absolute Gasteiger partial charge is 0.123 e. The normalized spacial score (nSPS) is 20.7. The highest BCUT2D eigenvalue weighted by atomic mass is 35.5. The van der Waals surface area contributed by atoms with Crippen molar-refractivity contribution in [1.82, 2.24) is 0 Å². The molecule has 2 N–H and O–H groups in total. The Balaban J connectivity index is 2.15. The van der Waals surface area contributed by atoms with Crippen LogP contribution in [0.5, 0.6) is 5.75 Å². The van der Waals surface area contributed by atoms with Gasteiger partial charge in [-0.25, -0.2) is 0 Å². The lowest BCUT2D eigenvalue weighted by Gasteiger charge is -2.21. The summed E-state index contributed by atoms with van der Waals surface area (Å²) in [7, 11) is 0. The lowest BCUT2D eigenvalue weighted by atomic mass is 10.0. The molecule has 3 heteroatoms. The van der Waals surface area contributed by atoms with E-state index in [4.69, 9.17) is 22.1 Å². The molecule has 0 aliphatic heterocycles. The molecule has 1 aromatic rings. The first-order valence-corrected chi connectivity index (χ1v) is 6.90. The van der Waals surface area contributed by atoms with Crippen molar-refractivity contribution in [3.8, 4) is 5.75 Å². The fraction of sp³-hybridized carbons (Fsp3) is 0.467. The van der Waals surface area contributed by atoms with Crippen molar-refractivity contribution in [2.24, 2.45) is 5.73 Å². The third kappa shape index (κ3) is 3.76. The maximum atomic E-state index is 6.04. The van der Waals surface area contributed by atoms with Crippen LogP contribution in [-0.4, -0.2) is 12.1 Å². The van der Waals surface area contributed by atoms with Gasteiger partial charge in [-0.2, -0.15) is 0 Å². The van der Waals surface area contributed by atoms with Gasteiger partial charge in [0, 0.05) is 11.1 Å². The topological polar surface area (TPSA) is 35.2 Å². The van der Waals surface area contributed by atoms with Gasteiger partial charge in [-0.1, -0.05) is 17.7 Å². The molecule has 0 aromatic heterocycles. The molecule has 0 heterocycles. The second kappa shape index (κ2) is 6.26. The van der Waals surface area contributed by atoms with Gasteiger partial charge >= 0.3 is 0 Å². The summed E-state index contributed by atoms with van der Waals surface area (Å²) in [5.74, 6) is 0.910. The number of halogens is 1. The minimum absolute atomic E-state index is 0.104. The molecule has 2 rings (SSSR count). The first-order chi connectivity index (χ1) is 8.65. The van der Waals surface area contributed by atoms with Gasteiger partial charge < -0.3 is 10.5 Å². The van der Waals surface area contributed by atoms with Crippen LogP contribution in [0.25, 0.3) is 0 Å². The zero-order valence-electron chi connectivity index (χ0n) is 10.7. The molecule has 2 unspecified atom stereocenters. The molecule has 1 aromatic carbocycles. The molecule has 0 saturated heterocycles. The van der Waals surface area contributed by atoms with Crippen LogP contribution >= 0.6 is 11.6 Å². The summed E-state index contributed by atoms with van der Waals surface area (Å²) in [5, 5.41) is 0.734. The van der Waals surface area contributed by atoms with Gasteiger partial charge in [0.2, 0.25) is 0 Å². The van der Waals surface area contributed by atoms with Crippen molar-refractivity contribution >= 4 is 11.6 Å². The quantitative estimate of drug-likeness (QED) is 0.842. The predicted molar refractivity (Wildman–Crippen MR) is 76.2 cm³/mol. The van der Waals surface area contributed by atoms with Crippen molar-refractivity contribution in [2.45, 2.75) is 44.8 Å². The van der Waals surface area contributed by atoms with Crippen LogP contribution in [0.4, 0.5) is 0 Å². The second-order valence-corrected chi connectivity index (χ2v) is 5.39. The molecule has 0 spiro atoms. The third-order valence-corrected chi connectivity index (χ3v) is 3.29. The summed E-state index contributed by atoms with van der Waals surface area (Å²) in [5.41, 5.74) is 6.96. The largest absolute Gasteiger partial charge is 0.486 e. The highest BCUT2D eigenvalue weighted by Gasteiger charge is 2.13. The van der Waals surface area contributed by atoms with Crippen LogP contribution in [0, 0.1) is 0 Å². The Morgan fingerprint density at radius 2 is 2.33 bits per heavy atom. The van der Waals surface area contributed by atoms with Gasteiger partial charge in [0.15, 0.2) is 0 Å². The highest BCUT2D eigenvalue weighted by Crippen LogP contribution is 2.27. The summed E-state index contributed by atoms with van der Waals surface area (Å²) in [6.07, 6.45) is 8.74. The average Bonchev–Trinajstić information content (AvgIpc) is 2.33. The number of allylic oxidation sites excluding steroid dienone is 1. The van der Waals surface area contributed by atoms with Crippen molar-refractivity contribution in [3.05, 3.63) is 40.9 Å². The molecule has 2 nitrogen and oxygen atoms in total. The van der Waals surface area contributed by atoms with E-state index in [9.17, 15) is 0 Å². The fourth-order valence-corrected chi connectivity index (χ4v) is 2.41. The highest BCUT2D eigenvalue weighted by molar-refractivity contribution is 6.30. The van der Waals surface area contributed by atoms with E-state index in [0.717, 1.165) is 35.6 Å². The van der Waals surface area contributed by atoms with E-state index >= 15 is 0 Å². The Kier molecular flexibility index (Phi) is 4.67. The Morgan fingerprint density at radius 1 is 1.50 bits per heavy atom. The van der Waals surface area contributed by atoms with Gasteiger partial charge in [0.25, 0.3) is 0 Å². The van der Waals surface area contributed by atoms with Crippen molar-refractivity contribution in [3.63, 3.8) is 0 Å². The van der Waals surface area contributed by atoms with Gasteiger partial charge in [0.05, 0.1) is 0 Å². The van der Waals surface area contributed by atoms with Crippen LogP contribution in [0.15, 0.2) is 30.4 Å². The molecular weight excluding hydrogens is 246 g/mol. The molecule has 1 aliphatic rings. The van der Waals surface area contributed by atoms with Crippen LogP contribution in [0.3, 0.4) is 0 Å². The molecule has 0 radical (unpaired) electrons. The Labute approximate surface area is 114 Å². The Morgan fingerprint density at radius 3 is 3.00 bits per heavy atom. The van der Waals surface area contributed by atoms with E-state index in [0.29, 0.717) is 0 Å². The van der Waals surface area contributed by atoms with Crippen molar-refractivity contribution < 1.29 is 4.74 Å². The minimum Gasteiger partial charge on any atom is -0.486 e. The van der Waals surface area contributed by atoms with Crippen molar-refractivity contribution in [1.29, 1.82) is 0 Å². The molecule has 1 aliphatic carbocycles. The number of rotatable bonds is 4. The summed E-state index contributed by atoms with van der Waals surface area (Å²) in [4.78, 5) is 0. The predicted octanol–water partition coefficient (Wildman–Crippen LogP) is 3.72. The molecular formula is C15H20ClNO. The molecule has 0 bridgehead atoms. The molecule has 18 heavy (non-hydrogen) atoms. The summed E-state index contributed by atoms with van der Waals surface area (Å²) in [6.45, 7) is 1.99. The number of nitrogens with two attached hydrogens (primary N) is 1. The number of hydrogen-bond donors (Lipinski definition) is 1. The lowest BCUT2D eigenvalue weighted by molar-refractivity contribution is 0.227. The fourth-order valence-electron chi connectivity index (χ4n) is 2.21. The Hall–Kier alpha value is -0.990. The summed E-state index contributed by atoms with van der Waals surface area (Å²) in [6, 6.07) is 5.87. The zero-order chi connectivity index (χ0) is 13.0. The standard InChI is InChI=1S/C15H20ClNO/c1-11(17)9-12-10-13(16)7-8-15(12)18-14-5-3-2-4-6-14/h3,5,7-8,10-11,14H,2,4,6,9,17H2,1H3. The van der Waals surface area contributed by atoms with E-state index < -0.39 is 0 Å². The van der Waals surface area contributed by atoms with Crippen LogP contribution in [-0.2, 0) is 6.42 Å². The molecule has 0 fully saturated rings. The second-order valence-electron chi connectivity index (χ2n) is 4.95. The summed E-state index contributed by atoms with van der Waals surface area (Å²) >= 11 is 6.03. The van der Waals surface area contributed by atoms with Crippen LogP contribution in [0.2, 0.25) is 5.02 Å². The van der Waals surface area contributed by atoms with Gasteiger partial charge in [-0.3, -0.25) is 0 Å². The monoisotopic (exact) mass is 265 g/mol. The maximum absolute atomic E-state index is 6.04. The van der Waals surface area contributed by atoms with E-state index in [1.54, 1.807) is 0 Å². The van der Waals surface area contributed by atoms with Crippen LogP contribution < -0.4 is 10.5 Å². The van der Waals surface area contributed by atoms with Gasteiger partial charge in [0.1, 0.15) is 11.9 Å². The maximum Gasteiger partial charge on any atom is 0.123 e. The molecule has 2 atom stereocenters. The lowest BCUT2D eigenvalue weighted by Crippen LogP contribution is -2.20. The zero-order valence-corrected chi connectivity index (χ0v) is 11.5. The summed E-state index contributed by atoms with van der Waals surface area (Å²) < 4.78 is 6.04. The molecule has 98 valence electrons. The first-order valence-electron chi connectivity index (χ1n) is 6.52. The van der Waals surface area contributed by atoms with E-state index in [-0.39, 0.29) is 12.1 Å². The Bertz CT molecular complexity index is 429. The third-order valence-electron chi connectivity index (χ3n) is 3.05. The van der Waals surface area contributed by atoms with Gasteiger partial charge in [-0.05, 0) is 62.4 Å².